The Labute approximate surface area is 140 Å². The highest BCUT2D eigenvalue weighted by atomic mass is 16.2. The van der Waals surface area contributed by atoms with Crippen LogP contribution in [0.4, 0.5) is 5.69 Å². The second-order valence-electron chi connectivity index (χ2n) is 6.19. The summed E-state index contributed by atoms with van der Waals surface area (Å²) in [4.78, 5) is 34.5. The predicted molar refractivity (Wildman–Crippen MR) is 91.1 cm³/mol. The van der Waals surface area contributed by atoms with Crippen LogP contribution in [0.25, 0.3) is 11.4 Å². The van der Waals surface area contributed by atoms with Crippen LogP contribution in [-0.2, 0) is 9.59 Å². The highest BCUT2D eigenvalue weighted by Crippen LogP contribution is 2.22. The van der Waals surface area contributed by atoms with Gasteiger partial charge in [0.15, 0.2) is 5.82 Å². The number of rotatable bonds is 4. The maximum absolute atomic E-state index is 12.3. The van der Waals surface area contributed by atoms with Crippen molar-refractivity contribution in [3.05, 3.63) is 42.7 Å². The first-order valence-corrected chi connectivity index (χ1v) is 8.02. The van der Waals surface area contributed by atoms with E-state index < -0.39 is 0 Å². The van der Waals surface area contributed by atoms with Crippen molar-refractivity contribution in [2.45, 2.75) is 26.3 Å². The summed E-state index contributed by atoms with van der Waals surface area (Å²) in [6.45, 7) is 4.37. The molecule has 124 valence electrons. The van der Waals surface area contributed by atoms with Gasteiger partial charge in [0.25, 0.3) is 0 Å². The lowest BCUT2D eigenvalue weighted by molar-refractivity contribution is -0.129. The van der Waals surface area contributed by atoms with Crippen molar-refractivity contribution in [2.75, 3.05) is 11.9 Å². The van der Waals surface area contributed by atoms with Crippen molar-refractivity contribution >= 4 is 17.5 Å². The van der Waals surface area contributed by atoms with E-state index in [2.05, 4.69) is 15.3 Å². The molecule has 0 aliphatic carbocycles. The monoisotopic (exact) mass is 324 g/mol. The molecule has 1 unspecified atom stereocenters. The van der Waals surface area contributed by atoms with Crippen molar-refractivity contribution < 1.29 is 9.59 Å². The highest BCUT2D eigenvalue weighted by Gasteiger charge is 2.35. The molecule has 0 saturated carbocycles. The molecule has 2 heterocycles. The molecule has 1 fully saturated rings. The number of aromatic nitrogens is 2. The highest BCUT2D eigenvalue weighted by molar-refractivity contribution is 5.97. The smallest absolute Gasteiger partial charge is 0.229 e. The minimum absolute atomic E-state index is 0.0285. The van der Waals surface area contributed by atoms with Crippen LogP contribution < -0.4 is 5.32 Å². The van der Waals surface area contributed by atoms with E-state index in [0.717, 1.165) is 5.56 Å². The molecule has 0 bridgehead atoms. The summed E-state index contributed by atoms with van der Waals surface area (Å²) < 4.78 is 0. The molecule has 0 spiro atoms. The molecule has 1 aromatic carbocycles. The topological polar surface area (TPSA) is 75.2 Å². The zero-order valence-electron chi connectivity index (χ0n) is 13.8. The van der Waals surface area contributed by atoms with Crippen LogP contribution in [0, 0.1) is 5.92 Å². The van der Waals surface area contributed by atoms with Gasteiger partial charge in [-0.15, -0.1) is 0 Å². The van der Waals surface area contributed by atoms with Gasteiger partial charge < -0.3 is 10.2 Å². The number of nitrogens with one attached hydrogen (secondary N) is 1. The van der Waals surface area contributed by atoms with Crippen LogP contribution in [0.1, 0.15) is 20.3 Å². The average molecular weight is 324 g/mol. The Balaban J connectivity index is 1.64. The van der Waals surface area contributed by atoms with Gasteiger partial charge in [-0.1, -0.05) is 30.3 Å². The first kappa shape index (κ1) is 16.1. The fourth-order valence-electron chi connectivity index (χ4n) is 2.78. The van der Waals surface area contributed by atoms with E-state index >= 15 is 0 Å². The second-order valence-corrected chi connectivity index (χ2v) is 6.19. The fourth-order valence-corrected chi connectivity index (χ4v) is 2.78. The molecule has 1 N–H and O–H groups in total. The number of carbonyl (C=O) groups is 2. The second kappa shape index (κ2) is 6.78. The van der Waals surface area contributed by atoms with E-state index in [1.54, 1.807) is 17.3 Å². The molecule has 2 amide bonds. The molecule has 2 aromatic rings. The van der Waals surface area contributed by atoms with Crippen LogP contribution in [0.5, 0.6) is 0 Å². The Bertz CT molecular complexity index is 728. The van der Waals surface area contributed by atoms with E-state index in [4.69, 9.17) is 0 Å². The van der Waals surface area contributed by atoms with Gasteiger partial charge in [0.1, 0.15) is 0 Å². The minimum atomic E-state index is -0.325. The zero-order valence-corrected chi connectivity index (χ0v) is 13.8. The predicted octanol–water partition coefficient (Wildman–Crippen LogP) is 2.34. The van der Waals surface area contributed by atoms with Gasteiger partial charge in [-0.3, -0.25) is 9.59 Å². The number of carbonyl (C=O) groups excluding carboxylic acids is 2. The molecule has 24 heavy (non-hydrogen) atoms. The lowest BCUT2D eigenvalue weighted by Crippen LogP contribution is -2.33. The summed E-state index contributed by atoms with van der Waals surface area (Å²) in [7, 11) is 0. The summed E-state index contributed by atoms with van der Waals surface area (Å²) in [5.74, 6) is 0.146. The van der Waals surface area contributed by atoms with Crippen LogP contribution in [0.2, 0.25) is 0 Å². The van der Waals surface area contributed by atoms with E-state index in [9.17, 15) is 9.59 Å². The van der Waals surface area contributed by atoms with Crippen molar-refractivity contribution in [3.8, 4) is 11.4 Å². The molecule has 1 aliphatic heterocycles. The Morgan fingerprint density at radius 1 is 1.21 bits per heavy atom. The van der Waals surface area contributed by atoms with Gasteiger partial charge in [0.2, 0.25) is 11.8 Å². The van der Waals surface area contributed by atoms with E-state index in [1.807, 2.05) is 44.2 Å². The van der Waals surface area contributed by atoms with Crippen LogP contribution in [-0.4, -0.2) is 39.3 Å². The quantitative estimate of drug-likeness (QED) is 0.936. The molecule has 6 nitrogen and oxygen atoms in total. The third-order valence-corrected chi connectivity index (χ3v) is 4.10. The van der Waals surface area contributed by atoms with Gasteiger partial charge in [-0.2, -0.15) is 0 Å². The Morgan fingerprint density at radius 3 is 2.46 bits per heavy atom. The van der Waals surface area contributed by atoms with E-state index in [-0.39, 0.29) is 30.2 Å². The van der Waals surface area contributed by atoms with Crippen molar-refractivity contribution in [1.82, 2.24) is 14.9 Å². The Hall–Kier alpha value is -2.76. The molecule has 1 aliphatic rings. The molecule has 1 saturated heterocycles. The van der Waals surface area contributed by atoms with E-state index in [0.29, 0.717) is 18.1 Å². The van der Waals surface area contributed by atoms with Crippen LogP contribution in [0.3, 0.4) is 0 Å². The van der Waals surface area contributed by atoms with Crippen molar-refractivity contribution in [1.29, 1.82) is 0 Å². The maximum atomic E-state index is 12.3. The number of anilines is 1. The lowest BCUT2D eigenvalue weighted by Gasteiger charge is -2.20. The van der Waals surface area contributed by atoms with Gasteiger partial charge in [-0.05, 0) is 13.8 Å². The fraction of sp³-hybridized carbons (Fsp3) is 0.333. The first-order valence-electron chi connectivity index (χ1n) is 8.02. The number of benzene rings is 1. The van der Waals surface area contributed by atoms with Crippen LogP contribution in [0.15, 0.2) is 42.7 Å². The summed E-state index contributed by atoms with van der Waals surface area (Å²) in [5.41, 5.74) is 1.46. The zero-order chi connectivity index (χ0) is 17.1. The average Bonchev–Trinajstić information content (AvgIpc) is 2.99. The van der Waals surface area contributed by atoms with Gasteiger partial charge in [0.05, 0.1) is 24.0 Å². The molecular weight excluding hydrogens is 304 g/mol. The number of hydrogen-bond acceptors (Lipinski definition) is 4. The Kier molecular flexibility index (Phi) is 4.55. The molecule has 6 heteroatoms. The summed E-state index contributed by atoms with van der Waals surface area (Å²) >= 11 is 0. The molecule has 3 rings (SSSR count). The maximum Gasteiger partial charge on any atom is 0.229 e. The normalized spacial score (nSPS) is 17.4. The standard InChI is InChI=1S/C18H20N4O2/c1-12(2)22-11-14(8-16(22)23)18(24)21-15-9-19-17(20-10-15)13-6-4-3-5-7-13/h3-7,9-10,12,14H,8,11H2,1-2H3,(H,21,24). The first-order chi connectivity index (χ1) is 11.5. The number of amides is 2. The largest absolute Gasteiger partial charge is 0.339 e. The third-order valence-electron chi connectivity index (χ3n) is 4.10. The summed E-state index contributed by atoms with van der Waals surface area (Å²) in [6.07, 6.45) is 3.43. The van der Waals surface area contributed by atoms with Crippen molar-refractivity contribution in [2.24, 2.45) is 5.92 Å². The van der Waals surface area contributed by atoms with Gasteiger partial charge in [-0.25, -0.2) is 9.97 Å². The summed E-state index contributed by atoms with van der Waals surface area (Å²) in [6, 6.07) is 9.75. The minimum Gasteiger partial charge on any atom is -0.339 e. The van der Waals surface area contributed by atoms with Crippen LogP contribution >= 0.6 is 0 Å². The van der Waals surface area contributed by atoms with Gasteiger partial charge in [0, 0.05) is 24.6 Å². The third kappa shape index (κ3) is 3.42. The number of likely N-dealkylation sites (tertiary alicyclic amines) is 1. The summed E-state index contributed by atoms with van der Waals surface area (Å²) in [5, 5.41) is 2.80. The molecule has 1 atom stereocenters. The van der Waals surface area contributed by atoms with Gasteiger partial charge >= 0.3 is 0 Å². The molecular formula is C18H20N4O2. The SMILES string of the molecule is CC(C)N1CC(C(=O)Nc2cnc(-c3ccccc3)nc2)CC1=O. The number of hydrogen-bond donors (Lipinski definition) is 1. The lowest BCUT2D eigenvalue weighted by atomic mass is 10.1. The van der Waals surface area contributed by atoms with E-state index in [1.165, 1.54) is 0 Å². The Morgan fingerprint density at radius 2 is 1.88 bits per heavy atom. The van der Waals surface area contributed by atoms with Crippen molar-refractivity contribution in [3.63, 3.8) is 0 Å². The number of nitrogens with zero attached hydrogens (tertiary/aromatic N) is 3. The molecule has 0 radical (unpaired) electrons. The molecule has 1 aromatic heterocycles.